The Morgan fingerprint density at radius 3 is 2.58 bits per heavy atom. The van der Waals surface area contributed by atoms with Crippen molar-refractivity contribution in [3.8, 4) is 0 Å². The minimum absolute atomic E-state index is 0.0741. The van der Waals surface area contributed by atoms with E-state index in [1.165, 1.54) is 0 Å². The molecule has 6 heteroatoms. The van der Waals surface area contributed by atoms with Crippen LogP contribution in [0.25, 0.3) is 0 Å². The molecule has 2 aromatic carbocycles. The van der Waals surface area contributed by atoms with Crippen LogP contribution < -0.4 is 10.6 Å². The number of amides is 2. The Morgan fingerprint density at radius 2 is 1.81 bits per heavy atom. The van der Waals surface area contributed by atoms with Crippen LogP contribution in [0.5, 0.6) is 0 Å². The number of nitrogens with one attached hydrogen (secondary N) is 2. The minimum atomic E-state index is -0.278. The van der Waals surface area contributed by atoms with Crippen molar-refractivity contribution in [2.45, 2.75) is 19.8 Å². The van der Waals surface area contributed by atoms with Gasteiger partial charge in [-0.05, 0) is 55.2 Å². The lowest BCUT2D eigenvalue weighted by Crippen LogP contribution is -2.29. The predicted octanol–water partition coefficient (Wildman–Crippen LogP) is 4.24. The number of halogens is 2. The summed E-state index contributed by atoms with van der Waals surface area (Å²) >= 11 is 12.0. The third-order valence-electron chi connectivity index (χ3n) is 4.59. The Morgan fingerprint density at radius 1 is 1.08 bits per heavy atom. The molecule has 0 heterocycles. The van der Waals surface area contributed by atoms with Crippen LogP contribution in [0.4, 0.5) is 5.69 Å². The maximum atomic E-state index is 12.3. The lowest BCUT2D eigenvalue weighted by Gasteiger charge is -2.09. The van der Waals surface area contributed by atoms with Gasteiger partial charge in [-0.3, -0.25) is 9.59 Å². The molecule has 0 radical (unpaired) electrons. The summed E-state index contributed by atoms with van der Waals surface area (Å²) in [4.78, 5) is 24.5. The van der Waals surface area contributed by atoms with Crippen LogP contribution in [0.15, 0.2) is 42.5 Å². The van der Waals surface area contributed by atoms with Gasteiger partial charge in [0.15, 0.2) is 0 Å². The number of benzene rings is 2. The molecule has 0 bridgehead atoms. The van der Waals surface area contributed by atoms with Crippen molar-refractivity contribution in [3.05, 3.63) is 63.6 Å². The molecule has 2 aromatic rings. The largest absolute Gasteiger partial charge is 0.356 e. The average Bonchev–Trinajstić information content (AvgIpc) is 3.40. The summed E-state index contributed by atoms with van der Waals surface area (Å²) in [5.41, 5.74) is 2.58. The molecule has 4 nitrogen and oxygen atoms in total. The summed E-state index contributed by atoms with van der Waals surface area (Å²) in [6, 6.07) is 12.9. The quantitative estimate of drug-likeness (QED) is 0.774. The molecule has 0 saturated heterocycles. The van der Waals surface area contributed by atoms with E-state index in [1.807, 2.05) is 37.3 Å². The van der Waals surface area contributed by atoms with Gasteiger partial charge in [-0.25, -0.2) is 0 Å². The van der Waals surface area contributed by atoms with Crippen molar-refractivity contribution in [1.29, 1.82) is 0 Å². The fraction of sp³-hybridized carbons (Fsp3) is 0.300. The SMILES string of the molecule is Cc1c(Cl)cccc1NC(=O)C1CC1C(=O)NCCc1cccc(Cl)c1. The van der Waals surface area contributed by atoms with Crippen molar-refractivity contribution in [2.75, 3.05) is 11.9 Å². The Kier molecular flexibility index (Phi) is 5.84. The molecule has 2 unspecified atom stereocenters. The van der Waals surface area contributed by atoms with Gasteiger partial charge in [-0.1, -0.05) is 41.4 Å². The summed E-state index contributed by atoms with van der Waals surface area (Å²) in [5.74, 6) is -0.742. The molecule has 2 amide bonds. The van der Waals surface area contributed by atoms with Gasteiger partial charge in [0, 0.05) is 22.3 Å². The molecule has 136 valence electrons. The average molecular weight is 391 g/mol. The van der Waals surface area contributed by atoms with Gasteiger partial charge in [0.05, 0.1) is 11.8 Å². The second kappa shape index (κ2) is 8.11. The van der Waals surface area contributed by atoms with E-state index < -0.39 is 0 Å². The normalized spacial score (nSPS) is 18.3. The van der Waals surface area contributed by atoms with Crippen LogP contribution in [0, 0.1) is 18.8 Å². The molecule has 0 aliphatic heterocycles. The predicted molar refractivity (Wildman–Crippen MR) is 105 cm³/mol. The zero-order valence-electron chi connectivity index (χ0n) is 14.4. The molecular formula is C20H20Cl2N2O2. The molecule has 1 aliphatic carbocycles. The van der Waals surface area contributed by atoms with Crippen molar-refractivity contribution in [3.63, 3.8) is 0 Å². The molecule has 26 heavy (non-hydrogen) atoms. The number of hydrogen-bond donors (Lipinski definition) is 2. The third kappa shape index (κ3) is 4.57. The van der Waals surface area contributed by atoms with Crippen molar-refractivity contribution in [2.24, 2.45) is 11.8 Å². The van der Waals surface area contributed by atoms with Crippen molar-refractivity contribution in [1.82, 2.24) is 5.32 Å². The van der Waals surface area contributed by atoms with Crippen LogP contribution in [0.3, 0.4) is 0 Å². The monoisotopic (exact) mass is 390 g/mol. The van der Waals surface area contributed by atoms with E-state index in [-0.39, 0.29) is 23.7 Å². The number of hydrogen-bond acceptors (Lipinski definition) is 2. The molecule has 2 atom stereocenters. The van der Waals surface area contributed by atoms with Crippen LogP contribution in [-0.4, -0.2) is 18.4 Å². The van der Waals surface area contributed by atoms with Crippen molar-refractivity contribution >= 4 is 40.7 Å². The van der Waals surface area contributed by atoms with E-state index in [9.17, 15) is 9.59 Å². The van der Waals surface area contributed by atoms with E-state index in [2.05, 4.69) is 10.6 Å². The second-order valence-electron chi connectivity index (χ2n) is 6.52. The number of carbonyl (C=O) groups excluding carboxylic acids is 2. The van der Waals surface area contributed by atoms with E-state index in [0.717, 1.165) is 11.1 Å². The van der Waals surface area contributed by atoms with E-state index in [0.29, 0.717) is 35.1 Å². The second-order valence-corrected chi connectivity index (χ2v) is 7.36. The first kappa shape index (κ1) is 18.7. The van der Waals surface area contributed by atoms with Crippen LogP contribution in [0.1, 0.15) is 17.5 Å². The van der Waals surface area contributed by atoms with Gasteiger partial charge in [0.1, 0.15) is 0 Å². The summed E-state index contributed by atoms with van der Waals surface area (Å²) in [6.45, 7) is 2.38. The lowest BCUT2D eigenvalue weighted by molar-refractivity contribution is -0.125. The molecule has 0 aromatic heterocycles. The first-order valence-electron chi connectivity index (χ1n) is 8.54. The molecular weight excluding hydrogens is 371 g/mol. The smallest absolute Gasteiger partial charge is 0.228 e. The topological polar surface area (TPSA) is 58.2 Å². The summed E-state index contributed by atoms with van der Waals surface area (Å²) in [7, 11) is 0. The number of rotatable bonds is 6. The Balaban J connectivity index is 1.46. The van der Waals surface area contributed by atoms with E-state index in [1.54, 1.807) is 12.1 Å². The van der Waals surface area contributed by atoms with Crippen LogP contribution in [0.2, 0.25) is 10.0 Å². The zero-order chi connectivity index (χ0) is 18.7. The zero-order valence-corrected chi connectivity index (χ0v) is 15.9. The van der Waals surface area contributed by atoms with Gasteiger partial charge in [-0.2, -0.15) is 0 Å². The molecule has 1 aliphatic rings. The molecule has 2 N–H and O–H groups in total. The van der Waals surface area contributed by atoms with Crippen LogP contribution >= 0.6 is 23.2 Å². The van der Waals surface area contributed by atoms with Gasteiger partial charge >= 0.3 is 0 Å². The highest BCUT2D eigenvalue weighted by Crippen LogP contribution is 2.40. The van der Waals surface area contributed by atoms with Gasteiger partial charge in [0.25, 0.3) is 0 Å². The third-order valence-corrected chi connectivity index (χ3v) is 5.24. The Bertz CT molecular complexity index is 838. The Hall–Kier alpha value is -2.04. The van der Waals surface area contributed by atoms with Crippen LogP contribution in [-0.2, 0) is 16.0 Å². The first-order chi connectivity index (χ1) is 12.5. The number of anilines is 1. The fourth-order valence-electron chi connectivity index (χ4n) is 2.90. The maximum Gasteiger partial charge on any atom is 0.228 e. The number of carbonyl (C=O) groups is 2. The molecule has 0 spiro atoms. The van der Waals surface area contributed by atoms with E-state index >= 15 is 0 Å². The minimum Gasteiger partial charge on any atom is -0.356 e. The highest BCUT2D eigenvalue weighted by molar-refractivity contribution is 6.31. The lowest BCUT2D eigenvalue weighted by atomic mass is 10.1. The highest BCUT2D eigenvalue weighted by Gasteiger charge is 2.47. The fourth-order valence-corrected chi connectivity index (χ4v) is 3.28. The first-order valence-corrected chi connectivity index (χ1v) is 9.29. The summed E-state index contributed by atoms with van der Waals surface area (Å²) in [5, 5.41) is 7.06. The molecule has 3 rings (SSSR count). The summed E-state index contributed by atoms with van der Waals surface area (Å²) < 4.78 is 0. The summed E-state index contributed by atoms with van der Waals surface area (Å²) in [6.07, 6.45) is 1.28. The molecule has 1 fully saturated rings. The van der Waals surface area contributed by atoms with Gasteiger partial charge in [0.2, 0.25) is 11.8 Å². The van der Waals surface area contributed by atoms with Crippen molar-refractivity contribution < 1.29 is 9.59 Å². The van der Waals surface area contributed by atoms with E-state index in [4.69, 9.17) is 23.2 Å². The standard InChI is InChI=1S/C20H20Cl2N2O2/c1-12-17(22)6-3-7-18(12)24-20(26)16-11-15(16)19(25)23-9-8-13-4-2-5-14(21)10-13/h2-7,10,15-16H,8-9,11H2,1H3,(H,23,25)(H,24,26). The maximum absolute atomic E-state index is 12.3. The van der Waals surface area contributed by atoms with Gasteiger partial charge in [-0.15, -0.1) is 0 Å². The molecule has 1 saturated carbocycles. The Labute approximate surface area is 162 Å². The van der Waals surface area contributed by atoms with Gasteiger partial charge < -0.3 is 10.6 Å². The highest BCUT2D eigenvalue weighted by atomic mass is 35.5.